The lowest BCUT2D eigenvalue weighted by molar-refractivity contribution is -0.133. The lowest BCUT2D eigenvalue weighted by atomic mass is 10.1. The molecule has 1 aliphatic heterocycles. The summed E-state index contributed by atoms with van der Waals surface area (Å²) in [6.07, 6.45) is 0. The molecule has 0 atom stereocenters. The highest BCUT2D eigenvalue weighted by Gasteiger charge is 2.34. The predicted molar refractivity (Wildman–Crippen MR) is 107 cm³/mol. The van der Waals surface area contributed by atoms with Crippen LogP contribution in [0.15, 0.2) is 59.5 Å². The SMILES string of the molecule is CC(C)(Sc1ccc(Cl)cc1)C(=O)N1CCN(c2ccccc2)CC1. The van der Waals surface area contributed by atoms with Crippen LogP contribution >= 0.6 is 23.4 Å². The summed E-state index contributed by atoms with van der Waals surface area (Å²) in [5, 5.41) is 0.713. The van der Waals surface area contributed by atoms with Crippen molar-refractivity contribution in [3.63, 3.8) is 0 Å². The van der Waals surface area contributed by atoms with Crippen LogP contribution in [-0.2, 0) is 4.79 Å². The molecule has 1 amide bonds. The van der Waals surface area contributed by atoms with Crippen LogP contribution in [-0.4, -0.2) is 41.7 Å². The first-order chi connectivity index (χ1) is 12.0. The molecule has 2 aromatic carbocycles. The summed E-state index contributed by atoms with van der Waals surface area (Å²) in [5.41, 5.74) is 1.23. The van der Waals surface area contributed by atoms with Crippen molar-refractivity contribution in [3.8, 4) is 0 Å². The minimum absolute atomic E-state index is 0.195. The van der Waals surface area contributed by atoms with E-state index >= 15 is 0 Å². The number of hydrogen-bond donors (Lipinski definition) is 0. The third-order valence-electron chi connectivity index (χ3n) is 4.39. The third kappa shape index (κ3) is 4.50. The van der Waals surface area contributed by atoms with Gasteiger partial charge in [-0.1, -0.05) is 29.8 Å². The summed E-state index contributed by atoms with van der Waals surface area (Å²) < 4.78 is -0.497. The number of anilines is 1. The summed E-state index contributed by atoms with van der Waals surface area (Å²) >= 11 is 7.53. The Balaban J connectivity index is 1.60. The second-order valence-electron chi connectivity index (χ2n) is 6.68. The van der Waals surface area contributed by atoms with Crippen molar-refractivity contribution in [1.82, 2.24) is 4.90 Å². The zero-order chi connectivity index (χ0) is 17.9. The van der Waals surface area contributed by atoms with Crippen LogP contribution in [0.3, 0.4) is 0 Å². The zero-order valence-corrected chi connectivity index (χ0v) is 16.2. The number of thioether (sulfide) groups is 1. The van der Waals surface area contributed by atoms with Gasteiger partial charge in [0.2, 0.25) is 5.91 Å². The molecule has 0 bridgehead atoms. The van der Waals surface area contributed by atoms with Gasteiger partial charge in [-0.3, -0.25) is 4.79 Å². The van der Waals surface area contributed by atoms with Gasteiger partial charge in [0.05, 0.1) is 4.75 Å². The van der Waals surface area contributed by atoms with E-state index in [-0.39, 0.29) is 5.91 Å². The number of nitrogens with zero attached hydrogens (tertiary/aromatic N) is 2. The Kier molecular flexibility index (Phi) is 5.60. The Morgan fingerprint density at radius 2 is 1.56 bits per heavy atom. The highest BCUT2D eigenvalue weighted by molar-refractivity contribution is 8.01. The molecule has 0 N–H and O–H groups in total. The highest BCUT2D eigenvalue weighted by atomic mass is 35.5. The molecule has 1 heterocycles. The number of hydrogen-bond acceptors (Lipinski definition) is 3. The first-order valence-electron chi connectivity index (χ1n) is 8.50. The molecule has 2 aromatic rings. The van der Waals surface area contributed by atoms with Crippen LogP contribution in [0.25, 0.3) is 0 Å². The van der Waals surface area contributed by atoms with Crippen molar-refractivity contribution in [1.29, 1.82) is 0 Å². The van der Waals surface area contributed by atoms with Crippen LogP contribution in [0.4, 0.5) is 5.69 Å². The minimum Gasteiger partial charge on any atom is -0.368 e. The Hall–Kier alpha value is -1.65. The number of para-hydroxylation sites is 1. The largest absolute Gasteiger partial charge is 0.368 e. The van der Waals surface area contributed by atoms with Gasteiger partial charge in [0.15, 0.2) is 0 Å². The Morgan fingerprint density at radius 3 is 2.16 bits per heavy atom. The van der Waals surface area contributed by atoms with E-state index in [1.54, 1.807) is 11.8 Å². The van der Waals surface area contributed by atoms with E-state index in [2.05, 4.69) is 29.2 Å². The van der Waals surface area contributed by atoms with E-state index in [0.29, 0.717) is 5.02 Å². The van der Waals surface area contributed by atoms with Crippen LogP contribution in [0.1, 0.15) is 13.8 Å². The standard InChI is InChI=1S/C20H23ClN2OS/c1-20(2,25-18-10-8-16(21)9-11-18)19(24)23-14-12-22(13-15-23)17-6-4-3-5-7-17/h3-11H,12-15H2,1-2H3. The average molecular weight is 375 g/mol. The fraction of sp³-hybridized carbons (Fsp3) is 0.350. The summed E-state index contributed by atoms with van der Waals surface area (Å²) in [6, 6.07) is 18.0. The van der Waals surface area contributed by atoms with Gasteiger partial charge >= 0.3 is 0 Å². The first kappa shape index (κ1) is 18.2. The molecule has 0 radical (unpaired) electrons. The Morgan fingerprint density at radius 1 is 0.960 bits per heavy atom. The molecule has 0 unspecified atom stereocenters. The predicted octanol–water partition coefficient (Wildman–Crippen LogP) is 4.56. The van der Waals surface area contributed by atoms with E-state index in [1.165, 1.54) is 5.69 Å². The van der Waals surface area contributed by atoms with E-state index in [4.69, 9.17) is 11.6 Å². The van der Waals surface area contributed by atoms with Gasteiger partial charge < -0.3 is 9.80 Å². The highest BCUT2D eigenvalue weighted by Crippen LogP contribution is 2.35. The molecule has 0 saturated carbocycles. The Bertz CT molecular complexity index is 710. The number of piperazine rings is 1. The summed E-state index contributed by atoms with van der Waals surface area (Å²) in [4.78, 5) is 18.4. The van der Waals surface area contributed by atoms with Crippen molar-refractivity contribution in [2.45, 2.75) is 23.5 Å². The van der Waals surface area contributed by atoms with E-state index in [9.17, 15) is 4.79 Å². The third-order valence-corrected chi connectivity index (χ3v) is 5.83. The molecule has 0 spiro atoms. The van der Waals surface area contributed by atoms with Gasteiger partial charge in [-0.2, -0.15) is 0 Å². The first-order valence-corrected chi connectivity index (χ1v) is 9.69. The number of carbonyl (C=O) groups is 1. The molecule has 3 nitrogen and oxygen atoms in total. The lowest BCUT2D eigenvalue weighted by Gasteiger charge is -2.39. The molecular formula is C20H23ClN2OS. The van der Waals surface area contributed by atoms with Crippen molar-refractivity contribution in [2.24, 2.45) is 0 Å². The molecule has 132 valence electrons. The van der Waals surface area contributed by atoms with Gasteiger partial charge in [0, 0.05) is 41.8 Å². The monoisotopic (exact) mass is 374 g/mol. The maximum absolute atomic E-state index is 13.0. The maximum atomic E-state index is 13.0. The summed E-state index contributed by atoms with van der Waals surface area (Å²) in [7, 11) is 0. The molecule has 5 heteroatoms. The fourth-order valence-corrected chi connectivity index (χ4v) is 4.23. The average Bonchev–Trinajstić information content (AvgIpc) is 2.64. The van der Waals surface area contributed by atoms with Crippen LogP contribution < -0.4 is 4.90 Å². The number of rotatable bonds is 4. The topological polar surface area (TPSA) is 23.6 Å². The molecule has 0 aliphatic carbocycles. The van der Waals surface area contributed by atoms with Gasteiger partial charge in [-0.25, -0.2) is 0 Å². The molecule has 1 saturated heterocycles. The fourth-order valence-electron chi connectivity index (χ4n) is 3.03. The van der Waals surface area contributed by atoms with E-state index < -0.39 is 4.75 Å². The van der Waals surface area contributed by atoms with Crippen LogP contribution in [0.5, 0.6) is 0 Å². The summed E-state index contributed by atoms with van der Waals surface area (Å²) in [5.74, 6) is 0.195. The van der Waals surface area contributed by atoms with Crippen LogP contribution in [0, 0.1) is 0 Å². The number of benzene rings is 2. The van der Waals surface area contributed by atoms with Gasteiger partial charge in [-0.05, 0) is 50.2 Å². The van der Waals surface area contributed by atoms with Gasteiger partial charge in [0.1, 0.15) is 0 Å². The quantitative estimate of drug-likeness (QED) is 0.733. The van der Waals surface area contributed by atoms with E-state index in [0.717, 1.165) is 31.1 Å². The number of halogens is 1. The smallest absolute Gasteiger partial charge is 0.238 e. The molecule has 1 fully saturated rings. The van der Waals surface area contributed by atoms with Gasteiger partial charge in [-0.15, -0.1) is 11.8 Å². The molecular weight excluding hydrogens is 352 g/mol. The molecule has 25 heavy (non-hydrogen) atoms. The number of carbonyl (C=O) groups excluding carboxylic acids is 1. The number of amides is 1. The van der Waals surface area contributed by atoms with Crippen molar-refractivity contribution < 1.29 is 4.79 Å². The second-order valence-corrected chi connectivity index (χ2v) is 8.81. The van der Waals surface area contributed by atoms with Crippen molar-refractivity contribution in [3.05, 3.63) is 59.6 Å². The van der Waals surface area contributed by atoms with Crippen molar-refractivity contribution in [2.75, 3.05) is 31.1 Å². The second kappa shape index (κ2) is 7.71. The Labute approximate surface area is 159 Å². The minimum atomic E-state index is -0.497. The molecule has 0 aromatic heterocycles. The van der Waals surface area contributed by atoms with Crippen LogP contribution in [0.2, 0.25) is 5.02 Å². The zero-order valence-electron chi connectivity index (χ0n) is 14.6. The summed E-state index contributed by atoms with van der Waals surface area (Å²) in [6.45, 7) is 7.27. The van der Waals surface area contributed by atoms with Gasteiger partial charge in [0.25, 0.3) is 0 Å². The normalized spacial score (nSPS) is 15.3. The van der Waals surface area contributed by atoms with Crippen molar-refractivity contribution >= 4 is 35.0 Å². The molecule has 3 rings (SSSR count). The molecule has 1 aliphatic rings. The lowest BCUT2D eigenvalue weighted by Crippen LogP contribution is -2.53. The maximum Gasteiger partial charge on any atom is 0.238 e. The van der Waals surface area contributed by atoms with E-state index in [1.807, 2.05) is 49.1 Å².